The molecule has 2 aromatic rings. The largest absolute Gasteiger partial charge is 0.468 e. The Morgan fingerprint density at radius 3 is 2.94 bits per heavy atom. The van der Waals surface area contributed by atoms with Crippen LogP contribution in [0.1, 0.15) is 18.1 Å². The van der Waals surface area contributed by atoms with Gasteiger partial charge >= 0.3 is 5.97 Å². The molecule has 1 aromatic heterocycles. The molecule has 2 rings (SSSR count). The number of fused-ring (bicyclic) bond motifs is 1. The van der Waals surface area contributed by atoms with Crippen molar-refractivity contribution in [2.45, 2.75) is 18.8 Å². The van der Waals surface area contributed by atoms with Crippen LogP contribution in [0.2, 0.25) is 0 Å². The molecule has 1 heterocycles. The van der Waals surface area contributed by atoms with Gasteiger partial charge in [-0.3, -0.25) is 4.79 Å². The van der Waals surface area contributed by atoms with Crippen molar-refractivity contribution >= 4 is 28.6 Å². The van der Waals surface area contributed by atoms with E-state index in [1.165, 1.54) is 19.2 Å². The van der Waals surface area contributed by atoms with Crippen LogP contribution in [0.15, 0.2) is 18.2 Å². The predicted molar refractivity (Wildman–Crippen MR) is 66.0 cm³/mol. The molecule has 1 unspecified atom stereocenters. The summed E-state index contributed by atoms with van der Waals surface area (Å²) < 4.78 is 19.4. The Balaban J connectivity index is 2.60. The van der Waals surface area contributed by atoms with Gasteiger partial charge in [0.25, 0.3) is 0 Å². The number of esters is 1. The molecular weight excluding hydrogens is 259 g/mol. The molecule has 0 amide bonds. The van der Waals surface area contributed by atoms with Crippen LogP contribution in [0.3, 0.4) is 0 Å². The van der Waals surface area contributed by atoms with E-state index >= 15 is 0 Å². The average molecular weight is 271 g/mol. The van der Waals surface area contributed by atoms with E-state index in [9.17, 15) is 9.18 Å². The molecule has 0 saturated carbocycles. The number of alkyl halides is 1. The first-order valence-corrected chi connectivity index (χ1v) is 5.83. The van der Waals surface area contributed by atoms with Crippen LogP contribution in [0.25, 0.3) is 11.0 Å². The highest BCUT2D eigenvalue weighted by Gasteiger charge is 2.17. The third-order valence-corrected chi connectivity index (χ3v) is 2.81. The summed E-state index contributed by atoms with van der Waals surface area (Å²) >= 11 is 6.02. The molecule has 0 saturated heterocycles. The summed E-state index contributed by atoms with van der Waals surface area (Å²) in [6.07, 6.45) is 0. The summed E-state index contributed by atoms with van der Waals surface area (Å²) in [5.74, 6) is -0.304. The summed E-state index contributed by atoms with van der Waals surface area (Å²) in [6, 6.07) is 4.20. The molecule has 0 fully saturated rings. The maximum atomic E-state index is 13.3. The van der Waals surface area contributed by atoms with E-state index in [-0.39, 0.29) is 17.7 Å². The van der Waals surface area contributed by atoms with Crippen LogP contribution in [0.4, 0.5) is 4.39 Å². The van der Waals surface area contributed by atoms with Crippen molar-refractivity contribution in [3.63, 3.8) is 0 Å². The molecule has 4 nitrogen and oxygen atoms in total. The lowest BCUT2D eigenvalue weighted by Crippen LogP contribution is -2.14. The molecule has 0 bridgehead atoms. The van der Waals surface area contributed by atoms with Crippen LogP contribution < -0.4 is 0 Å². The van der Waals surface area contributed by atoms with Gasteiger partial charge in [-0.15, -0.1) is 11.6 Å². The predicted octanol–water partition coefficient (Wildman–Crippen LogP) is 2.65. The van der Waals surface area contributed by atoms with Crippen molar-refractivity contribution < 1.29 is 13.9 Å². The first kappa shape index (κ1) is 12.8. The van der Waals surface area contributed by atoms with Gasteiger partial charge in [0.05, 0.1) is 23.5 Å². The van der Waals surface area contributed by atoms with E-state index in [1.54, 1.807) is 17.6 Å². The lowest BCUT2D eigenvalue weighted by atomic mass is 10.3. The number of carbonyl (C=O) groups is 1. The van der Waals surface area contributed by atoms with Crippen LogP contribution >= 0.6 is 11.6 Å². The van der Waals surface area contributed by atoms with Crippen LogP contribution in [-0.4, -0.2) is 22.6 Å². The topological polar surface area (TPSA) is 44.1 Å². The summed E-state index contributed by atoms with van der Waals surface area (Å²) in [5, 5.41) is -0.384. The maximum absolute atomic E-state index is 13.3. The molecule has 0 aliphatic heterocycles. The minimum absolute atomic E-state index is 0.0388. The highest BCUT2D eigenvalue weighted by Crippen LogP contribution is 2.25. The summed E-state index contributed by atoms with van der Waals surface area (Å²) in [7, 11) is 1.30. The Hall–Kier alpha value is -1.62. The fraction of sp³-hybridized carbons (Fsp3) is 0.333. The molecule has 18 heavy (non-hydrogen) atoms. The third-order valence-electron chi connectivity index (χ3n) is 2.61. The number of benzene rings is 1. The zero-order valence-electron chi connectivity index (χ0n) is 9.98. The first-order valence-electron chi connectivity index (χ1n) is 5.39. The number of carbonyl (C=O) groups excluding carboxylic acids is 1. The highest BCUT2D eigenvalue weighted by molar-refractivity contribution is 6.20. The summed E-state index contributed by atoms with van der Waals surface area (Å²) in [6.45, 7) is 1.70. The number of hydrogen-bond acceptors (Lipinski definition) is 3. The van der Waals surface area contributed by atoms with E-state index in [2.05, 4.69) is 9.72 Å². The van der Waals surface area contributed by atoms with Crippen molar-refractivity contribution in [3.8, 4) is 0 Å². The lowest BCUT2D eigenvalue weighted by molar-refractivity contribution is -0.141. The second-order valence-corrected chi connectivity index (χ2v) is 4.54. The van der Waals surface area contributed by atoms with Crippen LogP contribution in [0.5, 0.6) is 0 Å². The average Bonchev–Trinajstić information content (AvgIpc) is 2.67. The van der Waals surface area contributed by atoms with Crippen molar-refractivity contribution in [2.24, 2.45) is 0 Å². The number of nitrogens with zero attached hydrogens (tertiary/aromatic N) is 2. The smallest absolute Gasteiger partial charge is 0.325 e. The van der Waals surface area contributed by atoms with Crippen LogP contribution in [0, 0.1) is 5.82 Å². The second-order valence-electron chi connectivity index (χ2n) is 3.88. The van der Waals surface area contributed by atoms with Gasteiger partial charge in [0.1, 0.15) is 18.2 Å². The molecular formula is C12H12ClFN2O2. The molecule has 0 radical (unpaired) electrons. The number of halogens is 2. The van der Waals surface area contributed by atoms with Crippen molar-refractivity contribution in [1.29, 1.82) is 0 Å². The first-order chi connectivity index (χ1) is 8.52. The zero-order valence-corrected chi connectivity index (χ0v) is 10.7. The van der Waals surface area contributed by atoms with Crippen molar-refractivity contribution in [3.05, 3.63) is 29.8 Å². The Morgan fingerprint density at radius 1 is 1.61 bits per heavy atom. The Kier molecular flexibility index (Phi) is 3.52. The zero-order chi connectivity index (χ0) is 13.3. The van der Waals surface area contributed by atoms with Gasteiger partial charge in [-0.1, -0.05) is 0 Å². The van der Waals surface area contributed by atoms with Crippen molar-refractivity contribution in [1.82, 2.24) is 9.55 Å². The standard InChI is InChI=1S/C12H12ClFN2O2/c1-7(13)12-15-9-4-3-8(14)5-10(9)16(12)6-11(17)18-2/h3-5,7H,6H2,1-2H3. The quantitative estimate of drug-likeness (QED) is 0.636. The van der Waals surface area contributed by atoms with E-state index in [0.717, 1.165) is 0 Å². The second kappa shape index (κ2) is 4.94. The number of methoxy groups -OCH3 is 1. The fourth-order valence-corrected chi connectivity index (χ4v) is 1.94. The Bertz CT molecular complexity index is 595. The molecule has 96 valence electrons. The van der Waals surface area contributed by atoms with E-state index in [4.69, 9.17) is 11.6 Å². The van der Waals surface area contributed by atoms with Gasteiger partial charge < -0.3 is 9.30 Å². The number of aromatic nitrogens is 2. The van der Waals surface area contributed by atoms with Gasteiger partial charge in [0.15, 0.2) is 0 Å². The summed E-state index contributed by atoms with van der Waals surface area (Å²) in [4.78, 5) is 15.7. The molecule has 0 aliphatic carbocycles. The van der Waals surface area contributed by atoms with E-state index < -0.39 is 5.97 Å². The SMILES string of the molecule is COC(=O)Cn1c(C(C)Cl)nc2ccc(F)cc21. The number of hydrogen-bond donors (Lipinski definition) is 0. The molecule has 0 aliphatic rings. The van der Waals surface area contributed by atoms with Gasteiger partial charge in [0.2, 0.25) is 0 Å². The Labute approximate surface area is 108 Å². The maximum Gasteiger partial charge on any atom is 0.325 e. The molecule has 6 heteroatoms. The highest BCUT2D eigenvalue weighted by atomic mass is 35.5. The van der Waals surface area contributed by atoms with Crippen LogP contribution in [-0.2, 0) is 16.1 Å². The van der Waals surface area contributed by atoms with Gasteiger partial charge in [0, 0.05) is 0 Å². The molecule has 0 spiro atoms. The van der Waals surface area contributed by atoms with Crippen molar-refractivity contribution in [2.75, 3.05) is 7.11 Å². The monoisotopic (exact) mass is 270 g/mol. The van der Waals surface area contributed by atoms with Gasteiger partial charge in [-0.05, 0) is 25.1 Å². The minimum atomic E-state index is -0.433. The van der Waals surface area contributed by atoms with E-state index in [1.807, 2.05) is 0 Å². The molecule has 1 aromatic carbocycles. The van der Waals surface area contributed by atoms with Gasteiger partial charge in [-0.2, -0.15) is 0 Å². The number of imidazole rings is 1. The minimum Gasteiger partial charge on any atom is -0.468 e. The fourth-order valence-electron chi connectivity index (χ4n) is 1.78. The third kappa shape index (κ3) is 2.31. The Morgan fingerprint density at radius 2 is 2.33 bits per heavy atom. The molecule has 0 N–H and O–H groups in total. The summed E-state index contributed by atoms with van der Waals surface area (Å²) in [5.41, 5.74) is 1.13. The molecule has 1 atom stereocenters. The van der Waals surface area contributed by atoms with Gasteiger partial charge in [-0.25, -0.2) is 9.37 Å². The number of rotatable bonds is 3. The lowest BCUT2D eigenvalue weighted by Gasteiger charge is -2.08. The number of ether oxygens (including phenoxy) is 1. The normalized spacial score (nSPS) is 12.7. The van der Waals surface area contributed by atoms with E-state index in [0.29, 0.717) is 16.9 Å².